The summed E-state index contributed by atoms with van der Waals surface area (Å²) >= 11 is 0. The van der Waals surface area contributed by atoms with Gasteiger partial charge >= 0.3 is 8.60 Å². The van der Waals surface area contributed by atoms with Crippen LogP contribution in [0.5, 0.6) is 0 Å². The standard InChI is InChI=1S/C2H5O3P/c3-6-4-1-2-5-6/h3H,1-2H2. The van der Waals surface area contributed by atoms with Gasteiger partial charge in [0.25, 0.3) is 0 Å². The van der Waals surface area contributed by atoms with Crippen molar-refractivity contribution in [1.29, 1.82) is 0 Å². The minimum absolute atomic E-state index is 0.544. The molecule has 0 radical (unpaired) electrons. The van der Waals surface area contributed by atoms with Crippen LogP contribution >= 0.6 is 8.60 Å². The van der Waals surface area contributed by atoms with Gasteiger partial charge in [-0.25, -0.2) is 0 Å². The molecule has 1 saturated heterocycles. The van der Waals surface area contributed by atoms with Crippen molar-refractivity contribution in [3.8, 4) is 0 Å². The summed E-state index contributed by atoms with van der Waals surface area (Å²) in [5, 5.41) is 0. The van der Waals surface area contributed by atoms with E-state index >= 15 is 0 Å². The lowest BCUT2D eigenvalue weighted by Crippen LogP contribution is -1.79. The van der Waals surface area contributed by atoms with Gasteiger partial charge in [0.15, 0.2) is 0 Å². The fourth-order valence-corrected chi connectivity index (χ4v) is 0.804. The normalized spacial score (nSPS) is 25.5. The van der Waals surface area contributed by atoms with Crippen LogP contribution in [0.25, 0.3) is 0 Å². The van der Waals surface area contributed by atoms with Crippen LogP contribution in [0.4, 0.5) is 0 Å². The van der Waals surface area contributed by atoms with Crippen LogP contribution in [0.2, 0.25) is 0 Å². The molecule has 0 aromatic heterocycles. The highest BCUT2D eigenvalue weighted by molar-refractivity contribution is 7.40. The maximum Gasteiger partial charge on any atom is 0.330 e. The highest BCUT2D eigenvalue weighted by Crippen LogP contribution is 2.36. The topological polar surface area (TPSA) is 38.7 Å². The Balaban J connectivity index is 2.18. The molecular weight excluding hydrogens is 103 g/mol. The largest absolute Gasteiger partial charge is 0.330 e. The molecule has 4 heteroatoms. The Labute approximate surface area is 36.9 Å². The predicted molar refractivity (Wildman–Crippen MR) is 21.0 cm³/mol. The molecule has 0 bridgehead atoms. The van der Waals surface area contributed by atoms with Gasteiger partial charge in [-0.15, -0.1) is 0 Å². The van der Waals surface area contributed by atoms with Crippen LogP contribution in [-0.2, 0) is 9.05 Å². The van der Waals surface area contributed by atoms with E-state index in [9.17, 15) is 0 Å². The lowest BCUT2D eigenvalue weighted by atomic mass is 10.8. The van der Waals surface area contributed by atoms with E-state index in [-0.39, 0.29) is 0 Å². The van der Waals surface area contributed by atoms with E-state index in [1.54, 1.807) is 0 Å². The molecule has 0 aromatic rings. The molecule has 0 aromatic carbocycles. The minimum Gasteiger partial charge on any atom is -0.328 e. The van der Waals surface area contributed by atoms with Gasteiger partial charge in [0.05, 0.1) is 13.2 Å². The maximum absolute atomic E-state index is 8.35. The molecule has 0 spiro atoms. The van der Waals surface area contributed by atoms with E-state index in [0.29, 0.717) is 13.2 Å². The van der Waals surface area contributed by atoms with Crippen LogP contribution in [0.15, 0.2) is 0 Å². The van der Waals surface area contributed by atoms with E-state index in [4.69, 9.17) is 4.89 Å². The van der Waals surface area contributed by atoms with Crippen LogP contribution < -0.4 is 0 Å². The van der Waals surface area contributed by atoms with Crippen molar-refractivity contribution in [3.63, 3.8) is 0 Å². The Morgan fingerprint density at radius 2 is 1.83 bits per heavy atom. The van der Waals surface area contributed by atoms with Crippen molar-refractivity contribution in [2.75, 3.05) is 13.2 Å². The highest BCUT2D eigenvalue weighted by Gasteiger charge is 2.12. The van der Waals surface area contributed by atoms with Gasteiger partial charge in [-0.2, -0.15) is 0 Å². The summed E-state index contributed by atoms with van der Waals surface area (Å²) in [6.45, 7) is 1.09. The van der Waals surface area contributed by atoms with E-state index in [1.165, 1.54) is 0 Å². The lowest BCUT2D eigenvalue weighted by molar-refractivity contribution is 0.347. The zero-order chi connectivity index (χ0) is 4.41. The fourth-order valence-electron chi connectivity index (χ4n) is 0.268. The van der Waals surface area contributed by atoms with Crippen LogP contribution in [0, 0.1) is 0 Å². The maximum atomic E-state index is 8.35. The summed E-state index contributed by atoms with van der Waals surface area (Å²) in [7, 11) is -1.47. The molecule has 1 fully saturated rings. The van der Waals surface area contributed by atoms with Crippen LogP contribution in [0.1, 0.15) is 0 Å². The van der Waals surface area contributed by atoms with Gasteiger partial charge in [0.1, 0.15) is 0 Å². The van der Waals surface area contributed by atoms with E-state index in [1.807, 2.05) is 0 Å². The Morgan fingerprint density at radius 1 is 1.33 bits per heavy atom. The predicted octanol–water partition coefficient (Wildman–Crippen LogP) is 0.252. The summed E-state index contributed by atoms with van der Waals surface area (Å²) in [5.41, 5.74) is 0. The van der Waals surface area contributed by atoms with Crippen LogP contribution in [0.3, 0.4) is 0 Å². The SMILES string of the molecule is OP1OCCO1. The third kappa shape index (κ3) is 0.884. The molecule has 0 saturated carbocycles. The summed E-state index contributed by atoms with van der Waals surface area (Å²) in [4.78, 5) is 8.35. The second-order valence-corrected chi connectivity index (χ2v) is 1.90. The van der Waals surface area contributed by atoms with Gasteiger partial charge in [-0.05, 0) is 0 Å². The summed E-state index contributed by atoms with van der Waals surface area (Å²) < 4.78 is 9.10. The number of hydrogen-bond donors (Lipinski definition) is 1. The van der Waals surface area contributed by atoms with E-state index < -0.39 is 8.60 Å². The molecule has 6 heavy (non-hydrogen) atoms. The third-order valence-corrected chi connectivity index (χ3v) is 1.29. The zero-order valence-electron chi connectivity index (χ0n) is 3.13. The van der Waals surface area contributed by atoms with Crippen molar-refractivity contribution in [3.05, 3.63) is 0 Å². The molecule has 0 aliphatic carbocycles. The van der Waals surface area contributed by atoms with Gasteiger partial charge in [-0.3, -0.25) is 0 Å². The van der Waals surface area contributed by atoms with E-state index in [0.717, 1.165) is 0 Å². The Hall–Kier alpha value is 0.310. The molecule has 1 N–H and O–H groups in total. The van der Waals surface area contributed by atoms with Crippen molar-refractivity contribution >= 4 is 8.60 Å². The average Bonchev–Trinajstić information content (AvgIpc) is 1.86. The van der Waals surface area contributed by atoms with Crippen molar-refractivity contribution in [1.82, 2.24) is 0 Å². The summed E-state index contributed by atoms with van der Waals surface area (Å²) in [6, 6.07) is 0. The molecule has 1 aliphatic heterocycles. The van der Waals surface area contributed by atoms with Crippen LogP contribution in [-0.4, -0.2) is 18.1 Å². The molecule has 1 aliphatic rings. The van der Waals surface area contributed by atoms with Crippen molar-refractivity contribution in [2.45, 2.75) is 0 Å². The molecule has 0 atom stereocenters. The fraction of sp³-hybridized carbons (Fsp3) is 1.00. The summed E-state index contributed by atoms with van der Waals surface area (Å²) in [5.74, 6) is 0. The molecule has 1 rings (SSSR count). The molecule has 0 unspecified atom stereocenters. The second-order valence-electron chi connectivity index (χ2n) is 0.904. The number of hydrogen-bond acceptors (Lipinski definition) is 3. The quantitative estimate of drug-likeness (QED) is 0.452. The average molecular weight is 108 g/mol. The Morgan fingerprint density at radius 3 is 2.00 bits per heavy atom. The number of rotatable bonds is 0. The highest BCUT2D eigenvalue weighted by atomic mass is 31.2. The van der Waals surface area contributed by atoms with Gasteiger partial charge in [0.2, 0.25) is 0 Å². The van der Waals surface area contributed by atoms with Gasteiger partial charge in [0, 0.05) is 0 Å². The zero-order valence-corrected chi connectivity index (χ0v) is 4.02. The Bertz CT molecular complexity index is 42.1. The summed E-state index contributed by atoms with van der Waals surface area (Å²) in [6.07, 6.45) is 0. The molecule has 3 nitrogen and oxygen atoms in total. The monoisotopic (exact) mass is 108 g/mol. The van der Waals surface area contributed by atoms with Gasteiger partial charge < -0.3 is 13.9 Å². The van der Waals surface area contributed by atoms with E-state index in [2.05, 4.69) is 9.05 Å². The molecular formula is C2H5O3P. The minimum atomic E-state index is -1.47. The lowest BCUT2D eigenvalue weighted by Gasteiger charge is -1.90. The van der Waals surface area contributed by atoms with Gasteiger partial charge in [-0.1, -0.05) is 0 Å². The Kier molecular flexibility index (Phi) is 1.37. The second kappa shape index (κ2) is 1.85. The molecule has 0 amide bonds. The first-order valence-electron chi connectivity index (χ1n) is 1.64. The molecule has 1 heterocycles. The third-order valence-electron chi connectivity index (χ3n) is 0.487. The first-order valence-corrected chi connectivity index (χ1v) is 2.77. The smallest absolute Gasteiger partial charge is 0.328 e. The van der Waals surface area contributed by atoms with Crippen molar-refractivity contribution < 1.29 is 13.9 Å². The molecule has 36 valence electrons. The first-order chi connectivity index (χ1) is 2.89. The first kappa shape index (κ1) is 4.47. The van der Waals surface area contributed by atoms with Crippen molar-refractivity contribution in [2.24, 2.45) is 0 Å².